The molecule has 0 unspecified atom stereocenters. The van der Waals surface area contributed by atoms with Crippen LogP contribution in [0.1, 0.15) is 23.3 Å². The van der Waals surface area contributed by atoms with Crippen LogP contribution in [0, 0.1) is 0 Å². The summed E-state index contributed by atoms with van der Waals surface area (Å²) in [6.45, 7) is 1.73. The smallest absolute Gasteiger partial charge is 0.354 e. The number of carboxylic acids is 1. The lowest BCUT2D eigenvalue weighted by molar-refractivity contribution is 0.0690. The van der Waals surface area contributed by atoms with Crippen molar-refractivity contribution >= 4 is 11.9 Å². The van der Waals surface area contributed by atoms with Crippen molar-refractivity contribution in [2.75, 3.05) is 25.1 Å². The van der Waals surface area contributed by atoms with Crippen LogP contribution in [0.2, 0.25) is 0 Å². The predicted molar refractivity (Wildman–Crippen MR) is 57.0 cm³/mol. The van der Waals surface area contributed by atoms with Crippen LogP contribution in [0.5, 0.6) is 5.88 Å². The second-order valence-electron chi connectivity index (χ2n) is 3.59. The van der Waals surface area contributed by atoms with Gasteiger partial charge >= 0.3 is 5.97 Å². The monoisotopic (exact) mass is 223 g/mol. The van der Waals surface area contributed by atoms with Crippen molar-refractivity contribution in [3.8, 4) is 5.88 Å². The topological polar surface area (TPSA) is 75.6 Å². The van der Waals surface area contributed by atoms with E-state index in [0.29, 0.717) is 5.95 Å². The standard InChI is InChI=1S/C10H13N3O3/c1-16-8-6-7(9(14)15)11-10(12-8)13-4-2-3-5-13/h6H,2-5H2,1H3,(H,14,15). The highest BCUT2D eigenvalue weighted by atomic mass is 16.5. The molecule has 0 spiro atoms. The molecule has 86 valence electrons. The third kappa shape index (κ3) is 2.05. The van der Waals surface area contributed by atoms with Crippen molar-refractivity contribution in [3.63, 3.8) is 0 Å². The SMILES string of the molecule is COc1cc(C(=O)O)nc(N2CCCC2)n1. The van der Waals surface area contributed by atoms with Crippen LogP contribution in [0.4, 0.5) is 5.95 Å². The van der Waals surface area contributed by atoms with Crippen LogP contribution in [-0.2, 0) is 0 Å². The van der Waals surface area contributed by atoms with Crippen LogP contribution < -0.4 is 9.64 Å². The number of hydrogen-bond donors (Lipinski definition) is 1. The molecule has 1 fully saturated rings. The van der Waals surface area contributed by atoms with Crippen LogP contribution in [0.3, 0.4) is 0 Å². The Labute approximate surface area is 92.9 Å². The fourth-order valence-corrected chi connectivity index (χ4v) is 1.69. The molecule has 16 heavy (non-hydrogen) atoms. The Balaban J connectivity index is 2.35. The van der Waals surface area contributed by atoms with E-state index in [1.165, 1.54) is 13.2 Å². The van der Waals surface area contributed by atoms with E-state index in [9.17, 15) is 4.79 Å². The second kappa shape index (κ2) is 4.34. The first-order valence-corrected chi connectivity index (χ1v) is 5.12. The van der Waals surface area contributed by atoms with Gasteiger partial charge < -0.3 is 14.7 Å². The van der Waals surface area contributed by atoms with Gasteiger partial charge in [-0.15, -0.1) is 0 Å². The predicted octanol–water partition coefficient (Wildman–Crippen LogP) is 0.784. The number of aromatic nitrogens is 2. The first kappa shape index (κ1) is 10.7. The Bertz CT molecular complexity index is 402. The van der Waals surface area contributed by atoms with Crippen molar-refractivity contribution in [2.24, 2.45) is 0 Å². The van der Waals surface area contributed by atoms with Gasteiger partial charge in [0.05, 0.1) is 7.11 Å². The van der Waals surface area contributed by atoms with Crippen molar-refractivity contribution in [2.45, 2.75) is 12.8 Å². The van der Waals surface area contributed by atoms with Gasteiger partial charge in [-0.3, -0.25) is 0 Å². The maximum atomic E-state index is 10.9. The molecule has 2 rings (SSSR count). The molecule has 1 aromatic heterocycles. The quantitative estimate of drug-likeness (QED) is 0.816. The highest BCUT2D eigenvalue weighted by molar-refractivity contribution is 5.86. The molecular formula is C10H13N3O3. The summed E-state index contributed by atoms with van der Waals surface area (Å²) in [5.41, 5.74) is -0.0336. The summed E-state index contributed by atoms with van der Waals surface area (Å²) in [6, 6.07) is 1.32. The molecule has 1 aromatic rings. The number of rotatable bonds is 3. The maximum absolute atomic E-state index is 10.9. The average molecular weight is 223 g/mol. The zero-order valence-electron chi connectivity index (χ0n) is 9.01. The van der Waals surface area contributed by atoms with E-state index in [1.807, 2.05) is 4.90 Å². The number of anilines is 1. The van der Waals surface area contributed by atoms with Gasteiger partial charge in [-0.1, -0.05) is 0 Å². The van der Waals surface area contributed by atoms with E-state index in [-0.39, 0.29) is 11.6 Å². The molecule has 1 aliphatic heterocycles. The number of aromatic carboxylic acids is 1. The molecule has 0 aliphatic carbocycles. The van der Waals surface area contributed by atoms with Crippen LogP contribution in [-0.4, -0.2) is 41.2 Å². The molecule has 0 bridgehead atoms. The van der Waals surface area contributed by atoms with Gasteiger partial charge in [0.1, 0.15) is 0 Å². The minimum Gasteiger partial charge on any atom is -0.481 e. The minimum absolute atomic E-state index is 0.0336. The molecule has 0 aromatic carbocycles. The van der Waals surface area contributed by atoms with Gasteiger partial charge in [0.2, 0.25) is 11.8 Å². The molecule has 2 heterocycles. The number of hydrogen-bond acceptors (Lipinski definition) is 5. The molecule has 0 atom stereocenters. The van der Waals surface area contributed by atoms with Crippen molar-refractivity contribution in [1.82, 2.24) is 9.97 Å². The summed E-state index contributed by atoms with van der Waals surface area (Å²) in [4.78, 5) is 21.0. The molecule has 0 saturated carbocycles. The Morgan fingerprint density at radius 1 is 1.44 bits per heavy atom. The normalized spacial score (nSPS) is 15.2. The first-order chi connectivity index (χ1) is 7.70. The van der Waals surface area contributed by atoms with Gasteiger partial charge in [-0.2, -0.15) is 4.98 Å². The van der Waals surface area contributed by atoms with Gasteiger partial charge in [-0.05, 0) is 12.8 Å². The fraction of sp³-hybridized carbons (Fsp3) is 0.500. The van der Waals surface area contributed by atoms with Crippen LogP contribution in [0.15, 0.2) is 6.07 Å². The number of ether oxygens (including phenoxy) is 1. The van der Waals surface area contributed by atoms with E-state index in [2.05, 4.69) is 9.97 Å². The Morgan fingerprint density at radius 2 is 2.12 bits per heavy atom. The van der Waals surface area contributed by atoms with Crippen LogP contribution >= 0.6 is 0 Å². The summed E-state index contributed by atoms with van der Waals surface area (Å²) < 4.78 is 4.96. The van der Waals surface area contributed by atoms with Gasteiger partial charge in [-0.25, -0.2) is 9.78 Å². The van der Waals surface area contributed by atoms with E-state index in [1.54, 1.807) is 0 Å². The lowest BCUT2D eigenvalue weighted by atomic mass is 10.4. The van der Waals surface area contributed by atoms with Crippen LogP contribution in [0.25, 0.3) is 0 Å². The molecule has 6 nitrogen and oxygen atoms in total. The van der Waals surface area contributed by atoms with E-state index < -0.39 is 5.97 Å². The van der Waals surface area contributed by atoms with Crippen molar-refractivity contribution < 1.29 is 14.6 Å². The zero-order chi connectivity index (χ0) is 11.5. The number of methoxy groups -OCH3 is 1. The van der Waals surface area contributed by atoms with Gasteiger partial charge in [0.25, 0.3) is 0 Å². The molecule has 6 heteroatoms. The van der Waals surface area contributed by atoms with E-state index in [4.69, 9.17) is 9.84 Å². The van der Waals surface area contributed by atoms with E-state index in [0.717, 1.165) is 25.9 Å². The summed E-state index contributed by atoms with van der Waals surface area (Å²) in [7, 11) is 1.46. The zero-order valence-corrected chi connectivity index (χ0v) is 9.01. The number of carboxylic acid groups (broad SMARTS) is 1. The lowest BCUT2D eigenvalue weighted by Crippen LogP contribution is -2.21. The Kier molecular flexibility index (Phi) is 2.89. The molecule has 0 amide bonds. The highest BCUT2D eigenvalue weighted by Crippen LogP contribution is 2.19. The second-order valence-corrected chi connectivity index (χ2v) is 3.59. The van der Waals surface area contributed by atoms with E-state index >= 15 is 0 Å². The third-order valence-electron chi connectivity index (χ3n) is 2.51. The largest absolute Gasteiger partial charge is 0.481 e. The third-order valence-corrected chi connectivity index (χ3v) is 2.51. The summed E-state index contributed by atoms with van der Waals surface area (Å²) >= 11 is 0. The van der Waals surface area contributed by atoms with Crippen molar-refractivity contribution in [3.05, 3.63) is 11.8 Å². The number of nitrogens with zero attached hydrogens (tertiary/aromatic N) is 3. The summed E-state index contributed by atoms with van der Waals surface area (Å²) in [6.07, 6.45) is 2.17. The Morgan fingerprint density at radius 3 is 2.69 bits per heavy atom. The fourth-order valence-electron chi connectivity index (χ4n) is 1.69. The lowest BCUT2D eigenvalue weighted by Gasteiger charge is -2.15. The highest BCUT2D eigenvalue weighted by Gasteiger charge is 2.18. The van der Waals surface area contributed by atoms with Gasteiger partial charge in [0, 0.05) is 19.2 Å². The first-order valence-electron chi connectivity index (χ1n) is 5.12. The summed E-state index contributed by atoms with van der Waals surface area (Å²) in [5.74, 6) is -0.343. The summed E-state index contributed by atoms with van der Waals surface area (Å²) in [5, 5.41) is 8.91. The molecule has 1 saturated heterocycles. The Hall–Kier alpha value is -1.85. The maximum Gasteiger partial charge on any atom is 0.354 e. The molecule has 1 N–H and O–H groups in total. The average Bonchev–Trinajstić information content (AvgIpc) is 2.81. The minimum atomic E-state index is -1.07. The number of carbonyl (C=O) groups is 1. The molecule has 1 aliphatic rings. The molecular weight excluding hydrogens is 210 g/mol. The van der Waals surface area contributed by atoms with Gasteiger partial charge in [0.15, 0.2) is 5.69 Å². The molecule has 0 radical (unpaired) electrons. The van der Waals surface area contributed by atoms with Crippen molar-refractivity contribution in [1.29, 1.82) is 0 Å².